The van der Waals surface area contributed by atoms with E-state index < -0.39 is 5.91 Å². The van der Waals surface area contributed by atoms with Crippen LogP contribution in [0.4, 0.5) is 5.69 Å². The molecule has 0 aliphatic heterocycles. The van der Waals surface area contributed by atoms with Crippen LogP contribution in [0.25, 0.3) is 5.69 Å². The first-order valence-corrected chi connectivity index (χ1v) is 9.60. The predicted octanol–water partition coefficient (Wildman–Crippen LogP) is 2.87. The number of aromatic nitrogens is 2. The minimum atomic E-state index is -0.406. The molecule has 0 radical (unpaired) electrons. The smallest absolute Gasteiger partial charge is 0.276 e. The summed E-state index contributed by atoms with van der Waals surface area (Å²) in [5.74, 6) is -0.0184. The molecule has 0 fully saturated rings. The summed E-state index contributed by atoms with van der Waals surface area (Å²) in [6.45, 7) is 0.226. The molecule has 2 amide bonds. The van der Waals surface area contributed by atoms with Gasteiger partial charge in [0.25, 0.3) is 5.91 Å². The standard InChI is InChI=1S/C22H22N4O3/c23-20(27)13-14-29-17-11-9-15(10-12-17)24-22(28)21-18-7-4-8-19(18)26(25-21)16-5-2-1-3-6-16/h1-3,5-6,9-12H,4,7-8,13-14H2,(H2,23,27)(H,24,28). The zero-order valence-corrected chi connectivity index (χ0v) is 15.9. The van der Waals surface area contributed by atoms with Crippen LogP contribution in [0.15, 0.2) is 54.6 Å². The number of hydrogen-bond donors (Lipinski definition) is 2. The largest absolute Gasteiger partial charge is 0.493 e. The second kappa shape index (κ2) is 8.18. The normalized spacial score (nSPS) is 12.4. The third-order valence-electron chi connectivity index (χ3n) is 4.88. The zero-order chi connectivity index (χ0) is 20.2. The fourth-order valence-corrected chi connectivity index (χ4v) is 3.50. The second-order valence-corrected chi connectivity index (χ2v) is 6.92. The molecule has 1 heterocycles. The number of rotatable bonds is 7. The van der Waals surface area contributed by atoms with Crippen molar-refractivity contribution in [2.45, 2.75) is 25.7 Å². The average Bonchev–Trinajstić information content (AvgIpc) is 3.32. The highest BCUT2D eigenvalue weighted by molar-refractivity contribution is 6.04. The number of fused-ring (bicyclic) bond motifs is 1. The maximum Gasteiger partial charge on any atom is 0.276 e. The van der Waals surface area contributed by atoms with E-state index in [1.807, 2.05) is 35.0 Å². The van der Waals surface area contributed by atoms with Crippen molar-refractivity contribution in [1.29, 1.82) is 0 Å². The number of amides is 2. The Balaban J connectivity index is 1.49. The van der Waals surface area contributed by atoms with E-state index in [-0.39, 0.29) is 18.9 Å². The number of nitrogens with one attached hydrogen (secondary N) is 1. The van der Waals surface area contributed by atoms with Crippen molar-refractivity contribution < 1.29 is 14.3 Å². The molecule has 0 spiro atoms. The average molecular weight is 390 g/mol. The molecule has 0 atom stereocenters. The Bertz CT molecular complexity index is 1030. The number of ether oxygens (including phenoxy) is 1. The first kappa shape index (κ1) is 18.7. The Morgan fingerprint density at radius 1 is 1.07 bits per heavy atom. The molecule has 3 aromatic rings. The van der Waals surface area contributed by atoms with Crippen LogP contribution in [-0.2, 0) is 17.6 Å². The van der Waals surface area contributed by atoms with Gasteiger partial charge in [-0.15, -0.1) is 0 Å². The molecule has 2 aromatic carbocycles. The highest BCUT2D eigenvalue weighted by atomic mass is 16.5. The molecule has 0 bridgehead atoms. The molecule has 0 unspecified atom stereocenters. The van der Waals surface area contributed by atoms with Crippen molar-refractivity contribution in [2.75, 3.05) is 11.9 Å². The van der Waals surface area contributed by atoms with Gasteiger partial charge in [-0.2, -0.15) is 5.10 Å². The van der Waals surface area contributed by atoms with Crippen molar-refractivity contribution in [3.63, 3.8) is 0 Å². The van der Waals surface area contributed by atoms with E-state index in [4.69, 9.17) is 10.5 Å². The summed E-state index contributed by atoms with van der Waals surface area (Å²) in [6, 6.07) is 16.9. The molecule has 29 heavy (non-hydrogen) atoms. The van der Waals surface area contributed by atoms with Gasteiger partial charge in [0.2, 0.25) is 5.91 Å². The van der Waals surface area contributed by atoms with Gasteiger partial charge in [-0.1, -0.05) is 18.2 Å². The van der Waals surface area contributed by atoms with Crippen LogP contribution < -0.4 is 15.8 Å². The number of benzene rings is 2. The van der Waals surface area contributed by atoms with Crippen LogP contribution in [0.3, 0.4) is 0 Å². The number of nitrogens with two attached hydrogens (primary N) is 1. The Morgan fingerprint density at radius 2 is 1.83 bits per heavy atom. The molecule has 148 valence electrons. The quantitative estimate of drug-likeness (QED) is 0.648. The molecule has 7 heteroatoms. The van der Waals surface area contributed by atoms with Crippen LogP contribution >= 0.6 is 0 Å². The summed E-state index contributed by atoms with van der Waals surface area (Å²) >= 11 is 0. The lowest BCUT2D eigenvalue weighted by Gasteiger charge is -2.07. The molecule has 4 rings (SSSR count). The maximum atomic E-state index is 12.9. The number of nitrogens with zero attached hydrogens (tertiary/aromatic N) is 2. The summed E-state index contributed by atoms with van der Waals surface area (Å²) in [7, 11) is 0. The Hall–Kier alpha value is -3.61. The summed E-state index contributed by atoms with van der Waals surface area (Å²) in [6.07, 6.45) is 2.96. The molecule has 0 saturated carbocycles. The minimum Gasteiger partial charge on any atom is -0.493 e. The summed E-state index contributed by atoms with van der Waals surface area (Å²) in [4.78, 5) is 23.6. The third kappa shape index (κ3) is 4.13. The molecule has 7 nitrogen and oxygen atoms in total. The van der Waals surface area contributed by atoms with Crippen LogP contribution in [0, 0.1) is 0 Å². The van der Waals surface area contributed by atoms with Crippen LogP contribution in [0.1, 0.15) is 34.6 Å². The van der Waals surface area contributed by atoms with E-state index in [1.54, 1.807) is 24.3 Å². The van der Waals surface area contributed by atoms with Crippen molar-refractivity contribution in [3.05, 3.63) is 71.5 Å². The van der Waals surface area contributed by atoms with E-state index in [1.165, 1.54) is 0 Å². The van der Waals surface area contributed by atoms with Crippen molar-refractivity contribution in [1.82, 2.24) is 9.78 Å². The van der Waals surface area contributed by atoms with Crippen LogP contribution in [0.5, 0.6) is 5.75 Å². The van der Waals surface area contributed by atoms with Crippen molar-refractivity contribution in [2.24, 2.45) is 5.73 Å². The van der Waals surface area contributed by atoms with Gasteiger partial charge in [-0.25, -0.2) is 4.68 Å². The van der Waals surface area contributed by atoms with Crippen molar-refractivity contribution in [3.8, 4) is 11.4 Å². The molecule has 1 aliphatic rings. The second-order valence-electron chi connectivity index (χ2n) is 6.92. The fourth-order valence-electron chi connectivity index (χ4n) is 3.50. The monoisotopic (exact) mass is 390 g/mol. The lowest BCUT2D eigenvalue weighted by Crippen LogP contribution is -2.15. The first-order chi connectivity index (χ1) is 14.1. The number of anilines is 1. The van der Waals surface area contributed by atoms with E-state index in [0.29, 0.717) is 17.1 Å². The third-order valence-corrected chi connectivity index (χ3v) is 4.88. The maximum absolute atomic E-state index is 12.9. The Kier molecular flexibility index (Phi) is 5.29. The van der Waals surface area contributed by atoms with Gasteiger partial charge in [0.15, 0.2) is 5.69 Å². The molecular weight excluding hydrogens is 368 g/mol. The van der Waals surface area contributed by atoms with Gasteiger partial charge in [0.05, 0.1) is 18.7 Å². The predicted molar refractivity (Wildman–Crippen MR) is 109 cm³/mol. The molecular formula is C22H22N4O3. The van der Waals surface area contributed by atoms with Gasteiger partial charge < -0.3 is 15.8 Å². The topological polar surface area (TPSA) is 99.2 Å². The number of primary amides is 1. The summed E-state index contributed by atoms with van der Waals surface area (Å²) < 4.78 is 7.33. The molecule has 1 aromatic heterocycles. The van der Waals surface area contributed by atoms with E-state index >= 15 is 0 Å². The lowest BCUT2D eigenvalue weighted by molar-refractivity contribution is -0.118. The Morgan fingerprint density at radius 3 is 2.55 bits per heavy atom. The number of carbonyl (C=O) groups excluding carboxylic acids is 2. The SMILES string of the molecule is NC(=O)CCOc1ccc(NC(=O)c2nn(-c3ccccc3)c3c2CCC3)cc1. The van der Waals surface area contributed by atoms with Gasteiger partial charge in [0, 0.05) is 16.9 Å². The van der Waals surface area contributed by atoms with Gasteiger partial charge in [0.1, 0.15) is 5.75 Å². The fraction of sp³-hybridized carbons (Fsp3) is 0.227. The van der Waals surface area contributed by atoms with Crippen LogP contribution in [-0.4, -0.2) is 28.2 Å². The van der Waals surface area contributed by atoms with Gasteiger partial charge in [-0.05, 0) is 55.7 Å². The van der Waals surface area contributed by atoms with Gasteiger partial charge in [-0.3, -0.25) is 9.59 Å². The minimum absolute atomic E-state index is 0.160. The van der Waals surface area contributed by atoms with Crippen LogP contribution in [0.2, 0.25) is 0 Å². The summed E-state index contributed by atoms with van der Waals surface area (Å²) in [5, 5.41) is 7.52. The lowest BCUT2D eigenvalue weighted by atomic mass is 10.2. The number of carbonyl (C=O) groups is 2. The number of para-hydroxylation sites is 1. The summed E-state index contributed by atoms with van der Waals surface area (Å²) in [5.41, 5.74) is 9.32. The highest BCUT2D eigenvalue weighted by Gasteiger charge is 2.26. The van der Waals surface area contributed by atoms with E-state index in [9.17, 15) is 9.59 Å². The first-order valence-electron chi connectivity index (χ1n) is 9.60. The van der Waals surface area contributed by atoms with Gasteiger partial charge >= 0.3 is 0 Å². The molecule has 3 N–H and O–H groups in total. The number of hydrogen-bond acceptors (Lipinski definition) is 4. The molecule has 1 aliphatic carbocycles. The van der Waals surface area contributed by atoms with E-state index in [0.717, 1.165) is 36.2 Å². The molecule has 0 saturated heterocycles. The van der Waals surface area contributed by atoms with E-state index in [2.05, 4.69) is 10.4 Å². The van der Waals surface area contributed by atoms with Crippen molar-refractivity contribution >= 4 is 17.5 Å². The highest BCUT2D eigenvalue weighted by Crippen LogP contribution is 2.28. The Labute approximate surface area is 168 Å². The zero-order valence-electron chi connectivity index (χ0n) is 15.9.